The van der Waals surface area contributed by atoms with E-state index in [1.807, 2.05) is 0 Å². The van der Waals surface area contributed by atoms with Crippen LogP contribution in [0.5, 0.6) is 0 Å². The third-order valence-corrected chi connectivity index (χ3v) is 3.97. The summed E-state index contributed by atoms with van der Waals surface area (Å²) in [4.78, 5) is 24.2. The van der Waals surface area contributed by atoms with E-state index < -0.39 is 0 Å². The van der Waals surface area contributed by atoms with E-state index in [4.69, 9.17) is 4.52 Å². The average molecular weight is 313 g/mol. The highest BCUT2D eigenvalue weighted by molar-refractivity contribution is 6.04. The number of nitrogens with one attached hydrogen (secondary N) is 2. The van der Waals surface area contributed by atoms with Crippen LogP contribution in [-0.2, 0) is 0 Å². The number of carbonyl (C=O) groups excluding carboxylic acids is 2. The van der Waals surface area contributed by atoms with Crippen LogP contribution in [0, 0.1) is 6.92 Å². The van der Waals surface area contributed by atoms with E-state index in [0.29, 0.717) is 22.7 Å². The molecule has 0 bridgehead atoms. The van der Waals surface area contributed by atoms with E-state index >= 15 is 0 Å². The van der Waals surface area contributed by atoms with Crippen molar-refractivity contribution in [3.8, 4) is 0 Å². The van der Waals surface area contributed by atoms with Crippen molar-refractivity contribution in [3.05, 3.63) is 47.2 Å². The Morgan fingerprint density at radius 3 is 2.26 bits per heavy atom. The third-order valence-electron chi connectivity index (χ3n) is 3.97. The zero-order valence-corrected chi connectivity index (χ0v) is 13.0. The molecule has 0 atom stereocenters. The van der Waals surface area contributed by atoms with Gasteiger partial charge in [0.1, 0.15) is 5.76 Å². The molecule has 1 aromatic heterocycles. The standard InChI is InChI=1S/C17H19N3O3/c1-11-10-15(20-23-11)19-17(22)13-8-6-12(7-9-13)16(21)18-14-4-2-3-5-14/h6-10,14H,2-5H2,1H3,(H,18,21)(H,19,20,22). The lowest BCUT2D eigenvalue weighted by Crippen LogP contribution is -2.32. The molecule has 0 unspecified atom stereocenters. The minimum Gasteiger partial charge on any atom is -0.360 e. The Labute approximate surface area is 134 Å². The maximum absolute atomic E-state index is 12.1. The molecule has 6 heteroatoms. The molecule has 2 aromatic rings. The molecule has 1 saturated carbocycles. The topological polar surface area (TPSA) is 84.2 Å². The number of hydrogen-bond donors (Lipinski definition) is 2. The van der Waals surface area contributed by atoms with E-state index in [-0.39, 0.29) is 17.9 Å². The van der Waals surface area contributed by atoms with Crippen LogP contribution in [-0.4, -0.2) is 23.0 Å². The molecule has 0 radical (unpaired) electrons. The second-order valence-corrected chi connectivity index (χ2v) is 5.81. The number of amides is 2. The van der Waals surface area contributed by atoms with E-state index in [2.05, 4.69) is 15.8 Å². The van der Waals surface area contributed by atoms with Gasteiger partial charge in [0.05, 0.1) is 0 Å². The summed E-state index contributed by atoms with van der Waals surface area (Å²) in [6, 6.07) is 8.50. The first-order valence-electron chi connectivity index (χ1n) is 7.77. The van der Waals surface area contributed by atoms with Gasteiger partial charge in [-0.1, -0.05) is 18.0 Å². The SMILES string of the molecule is Cc1cc(NC(=O)c2ccc(C(=O)NC3CCCC3)cc2)no1. The monoisotopic (exact) mass is 313 g/mol. The molecular weight excluding hydrogens is 294 g/mol. The van der Waals surface area contributed by atoms with Gasteiger partial charge in [-0.15, -0.1) is 0 Å². The number of rotatable bonds is 4. The normalized spacial score (nSPS) is 14.7. The van der Waals surface area contributed by atoms with Crippen molar-refractivity contribution in [3.63, 3.8) is 0 Å². The second kappa shape index (κ2) is 6.64. The molecule has 1 aromatic carbocycles. The van der Waals surface area contributed by atoms with Gasteiger partial charge < -0.3 is 15.2 Å². The van der Waals surface area contributed by atoms with E-state index in [9.17, 15) is 9.59 Å². The molecule has 0 aliphatic heterocycles. The molecule has 1 aliphatic carbocycles. The van der Waals surface area contributed by atoms with E-state index in [1.165, 1.54) is 12.8 Å². The van der Waals surface area contributed by atoms with Gasteiger partial charge >= 0.3 is 0 Å². The average Bonchev–Trinajstić information content (AvgIpc) is 3.19. The van der Waals surface area contributed by atoms with Crippen molar-refractivity contribution in [2.24, 2.45) is 0 Å². The quantitative estimate of drug-likeness (QED) is 0.909. The van der Waals surface area contributed by atoms with Crippen molar-refractivity contribution in [2.75, 3.05) is 5.32 Å². The van der Waals surface area contributed by atoms with Gasteiger partial charge in [-0.3, -0.25) is 9.59 Å². The number of carbonyl (C=O) groups is 2. The number of hydrogen-bond acceptors (Lipinski definition) is 4. The van der Waals surface area contributed by atoms with Crippen molar-refractivity contribution < 1.29 is 14.1 Å². The molecule has 2 amide bonds. The van der Waals surface area contributed by atoms with Crippen molar-refractivity contribution >= 4 is 17.6 Å². The molecule has 23 heavy (non-hydrogen) atoms. The molecule has 6 nitrogen and oxygen atoms in total. The molecule has 0 spiro atoms. The van der Waals surface area contributed by atoms with Crippen molar-refractivity contribution in [1.29, 1.82) is 0 Å². The maximum Gasteiger partial charge on any atom is 0.256 e. The Balaban J connectivity index is 1.61. The molecular formula is C17H19N3O3. The molecule has 3 rings (SSSR count). The second-order valence-electron chi connectivity index (χ2n) is 5.81. The van der Waals surface area contributed by atoms with Crippen LogP contribution in [0.3, 0.4) is 0 Å². The fourth-order valence-corrected chi connectivity index (χ4v) is 2.73. The van der Waals surface area contributed by atoms with E-state index in [1.54, 1.807) is 37.3 Å². The Morgan fingerprint density at radius 1 is 1.09 bits per heavy atom. The van der Waals surface area contributed by atoms with Gasteiger partial charge in [-0.05, 0) is 44.0 Å². The third kappa shape index (κ3) is 3.77. The van der Waals surface area contributed by atoms with Crippen molar-refractivity contribution in [2.45, 2.75) is 38.6 Å². The summed E-state index contributed by atoms with van der Waals surface area (Å²) in [6.07, 6.45) is 4.43. The number of aryl methyl sites for hydroxylation is 1. The van der Waals surface area contributed by atoms with Crippen LogP contribution in [0.1, 0.15) is 52.2 Å². The van der Waals surface area contributed by atoms with Crippen LogP contribution in [0.2, 0.25) is 0 Å². The summed E-state index contributed by atoms with van der Waals surface area (Å²) >= 11 is 0. The van der Waals surface area contributed by atoms with Gasteiger partial charge in [0.2, 0.25) is 0 Å². The first-order chi connectivity index (χ1) is 11.1. The zero-order valence-electron chi connectivity index (χ0n) is 13.0. The van der Waals surface area contributed by atoms with Gasteiger partial charge in [0.15, 0.2) is 5.82 Å². The Kier molecular flexibility index (Phi) is 4.41. The highest BCUT2D eigenvalue weighted by Gasteiger charge is 2.18. The predicted molar refractivity (Wildman–Crippen MR) is 85.4 cm³/mol. The number of benzene rings is 1. The highest BCUT2D eigenvalue weighted by atomic mass is 16.5. The van der Waals surface area contributed by atoms with Gasteiger partial charge in [0.25, 0.3) is 11.8 Å². The first kappa shape index (κ1) is 15.3. The smallest absolute Gasteiger partial charge is 0.256 e. The fourth-order valence-electron chi connectivity index (χ4n) is 2.73. The summed E-state index contributed by atoms with van der Waals surface area (Å²) in [7, 11) is 0. The molecule has 1 heterocycles. The van der Waals surface area contributed by atoms with Crippen LogP contribution in [0.4, 0.5) is 5.82 Å². The number of aromatic nitrogens is 1. The summed E-state index contributed by atoms with van der Waals surface area (Å²) < 4.78 is 4.90. The molecule has 1 aliphatic rings. The molecule has 0 saturated heterocycles. The van der Waals surface area contributed by atoms with Gasteiger partial charge in [-0.2, -0.15) is 0 Å². The van der Waals surface area contributed by atoms with E-state index in [0.717, 1.165) is 12.8 Å². The minimum absolute atomic E-state index is 0.0871. The maximum atomic E-state index is 12.1. The highest BCUT2D eigenvalue weighted by Crippen LogP contribution is 2.18. The summed E-state index contributed by atoms with van der Waals surface area (Å²) in [6.45, 7) is 1.75. The summed E-state index contributed by atoms with van der Waals surface area (Å²) in [5.41, 5.74) is 1.02. The molecule has 120 valence electrons. The first-order valence-corrected chi connectivity index (χ1v) is 7.77. The van der Waals surface area contributed by atoms with Crippen molar-refractivity contribution in [1.82, 2.24) is 10.5 Å². The predicted octanol–water partition coefficient (Wildman–Crippen LogP) is 2.91. The number of anilines is 1. The lowest BCUT2D eigenvalue weighted by molar-refractivity contribution is 0.0936. The van der Waals surface area contributed by atoms with Crippen LogP contribution in [0.25, 0.3) is 0 Å². The lowest BCUT2D eigenvalue weighted by atomic mass is 10.1. The lowest BCUT2D eigenvalue weighted by Gasteiger charge is -2.12. The summed E-state index contributed by atoms with van der Waals surface area (Å²) in [5.74, 6) is 0.617. The molecule has 2 N–H and O–H groups in total. The number of nitrogens with zero attached hydrogens (tertiary/aromatic N) is 1. The Hall–Kier alpha value is -2.63. The van der Waals surface area contributed by atoms with Gasteiger partial charge in [0, 0.05) is 23.2 Å². The van der Waals surface area contributed by atoms with Crippen LogP contribution in [0.15, 0.2) is 34.9 Å². The van der Waals surface area contributed by atoms with Gasteiger partial charge in [-0.25, -0.2) is 0 Å². The Bertz CT molecular complexity index is 700. The molecule has 1 fully saturated rings. The minimum atomic E-state index is -0.291. The van der Waals surface area contributed by atoms with Crippen LogP contribution < -0.4 is 10.6 Å². The van der Waals surface area contributed by atoms with Crippen LogP contribution >= 0.6 is 0 Å². The fraction of sp³-hybridized carbons (Fsp3) is 0.353. The Morgan fingerprint density at radius 2 is 1.70 bits per heavy atom. The summed E-state index contributed by atoms with van der Waals surface area (Å²) in [5, 5.41) is 9.38. The zero-order chi connectivity index (χ0) is 16.2. The largest absolute Gasteiger partial charge is 0.360 e.